The Labute approximate surface area is 101 Å². The average Bonchev–Trinajstić information content (AvgIpc) is 2.59. The van der Waals surface area contributed by atoms with Gasteiger partial charge in [-0.25, -0.2) is 4.79 Å². The maximum atomic E-state index is 10.7. The molecule has 1 atom stereocenters. The molecule has 0 aliphatic rings. The fourth-order valence-corrected chi connectivity index (χ4v) is 1.53. The fourth-order valence-electron chi connectivity index (χ4n) is 1.53. The number of nitrogens with two attached hydrogens (primary N) is 1. The van der Waals surface area contributed by atoms with Crippen molar-refractivity contribution < 1.29 is 9.53 Å². The highest BCUT2D eigenvalue weighted by Crippen LogP contribution is 2.24. The summed E-state index contributed by atoms with van der Waals surface area (Å²) in [4.78, 5) is 12.8. The van der Waals surface area contributed by atoms with E-state index in [9.17, 15) is 4.79 Å². The Bertz CT molecular complexity index is 398. The molecule has 0 aromatic carbocycles. The molecule has 0 saturated heterocycles. The van der Waals surface area contributed by atoms with Gasteiger partial charge >= 0.3 is 6.09 Å². The van der Waals surface area contributed by atoms with Crippen molar-refractivity contribution in [1.82, 2.24) is 14.7 Å². The molecule has 6 nitrogen and oxygen atoms in total. The van der Waals surface area contributed by atoms with Crippen LogP contribution in [-0.4, -0.2) is 34.9 Å². The number of aromatic nitrogens is 2. The van der Waals surface area contributed by atoms with Crippen molar-refractivity contribution in [3.63, 3.8) is 0 Å². The second-order valence-corrected chi connectivity index (χ2v) is 4.51. The van der Waals surface area contributed by atoms with Crippen LogP contribution in [0.15, 0.2) is 6.07 Å². The van der Waals surface area contributed by atoms with E-state index >= 15 is 0 Å². The molecule has 0 spiro atoms. The van der Waals surface area contributed by atoms with Gasteiger partial charge in [0, 0.05) is 18.2 Å². The van der Waals surface area contributed by atoms with Crippen LogP contribution in [0.25, 0.3) is 0 Å². The van der Waals surface area contributed by atoms with Crippen LogP contribution in [0.3, 0.4) is 0 Å². The lowest BCUT2D eigenvalue weighted by Crippen LogP contribution is -2.21. The summed E-state index contributed by atoms with van der Waals surface area (Å²) in [6, 6.07) is 2.11. The Hall–Kier alpha value is -1.56. The van der Waals surface area contributed by atoms with Crippen LogP contribution < -0.4 is 10.5 Å². The Balaban J connectivity index is 3.09. The first-order chi connectivity index (χ1) is 7.82. The Morgan fingerprint density at radius 3 is 2.47 bits per heavy atom. The minimum absolute atomic E-state index is 0.176. The molecular weight excluding hydrogens is 220 g/mol. The van der Waals surface area contributed by atoms with E-state index in [4.69, 9.17) is 10.5 Å². The van der Waals surface area contributed by atoms with Crippen LogP contribution in [-0.2, 0) is 0 Å². The molecule has 96 valence electrons. The van der Waals surface area contributed by atoms with Crippen molar-refractivity contribution in [3.05, 3.63) is 11.8 Å². The number of primary amides is 1. The lowest BCUT2D eigenvalue weighted by molar-refractivity contribution is 0.208. The van der Waals surface area contributed by atoms with E-state index in [2.05, 4.69) is 16.9 Å². The molecule has 1 aromatic rings. The van der Waals surface area contributed by atoms with E-state index in [1.165, 1.54) is 0 Å². The fraction of sp³-hybridized carbons (Fsp3) is 0.636. The number of rotatable bonds is 4. The zero-order valence-corrected chi connectivity index (χ0v) is 11.0. The number of carbonyl (C=O) groups excluding carboxylic acids is 1. The summed E-state index contributed by atoms with van der Waals surface area (Å²) < 4.78 is 6.64. The lowest BCUT2D eigenvalue weighted by Gasteiger charge is -2.22. The van der Waals surface area contributed by atoms with Gasteiger partial charge in [-0.3, -0.25) is 4.68 Å². The summed E-state index contributed by atoms with van der Waals surface area (Å²) in [6.45, 7) is 6.10. The van der Waals surface area contributed by atoms with Crippen LogP contribution in [0.2, 0.25) is 0 Å². The number of hydrogen-bond donors (Lipinski definition) is 1. The number of nitrogens with zero attached hydrogens (tertiary/aromatic N) is 3. The molecule has 1 unspecified atom stereocenters. The van der Waals surface area contributed by atoms with E-state index in [0.717, 1.165) is 5.69 Å². The summed E-state index contributed by atoms with van der Waals surface area (Å²) >= 11 is 0. The van der Waals surface area contributed by atoms with E-state index < -0.39 is 6.09 Å². The standard InChI is InChI=1S/C11H20N4O2/c1-7(2)15-9(8(3)14(4)5)6-10(13-15)17-11(12)16/h6-8H,1-5H3,(H2,12,16). The van der Waals surface area contributed by atoms with Crippen molar-refractivity contribution in [1.29, 1.82) is 0 Å². The van der Waals surface area contributed by atoms with Gasteiger partial charge < -0.3 is 15.4 Å². The number of ether oxygens (including phenoxy) is 1. The van der Waals surface area contributed by atoms with Gasteiger partial charge in [-0.15, -0.1) is 5.10 Å². The van der Waals surface area contributed by atoms with Crippen LogP contribution in [0.1, 0.15) is 38.5 Å². The predicted molar refractivity (Wildman–Crippen MR) is 64.9 cm³/mol. The molecule has 1 aromatic heterocycles. The van der Waals surface area contributed by atoms with Crippen molar-refractivity contribution in [2.45, 2.75) is 32.9 Å². The van der Waals surface area contributed by atoms with Crippen molar-refractivity contribution in [3.8, 4) is 5.88 Å². The second kappa shape index (κ2) is 5.18. The van der Waals surface area contributed by atoms with E-state index in [-0.39, 0.29) is 18.0 Å². The van der Waals surface area contributed by atoms with E-state index in [1.807, 2.05) is 32.6 Å². The molecule has 0 fully saturated rings. The third-order valence-corrected chi connectivity index (χ3v) is 2.64. The second-order valence-electron chi connectivity index (χ2n) is 4.51. The Kier molecular flexibility index (Phi) is 4.11. The third-order valence-electron chi connectivity index (χ3n) is 2.64. The molecule has 17 heavy (non-hydrogen) atoms. The molecule has 0 aliphatic carbocycles. The minimum atomic E-state index is -0.845. The van der Waals surface area contributed by atoms with Crippen LogP contribution >= 0.6 is 0 Å². The zero-order chi connectivity index (χ0) is 13.2. The largest absolute Gasteiger partial charge is 0.411 e. The molecule has 1 heterocycles. The summed E-state index contributed by atoms with van der Waals surface area (Å²) in [5, 5.41) is 4.22. The van der Waals surface area contributed by atoms with Gasteiger partial charge in [-0.2, -0.15) is 0 Å². The lowest BCUT2D eigenvalue weighted by atomic mass is 10.2. The maximum absolute atomic E-state index is 10.7. The molecular formula is C11H20N4O2. The summed E-state index contributed by atoms with van der Waals surface area (Å²) in [5.41, 5.74) is 5.96. The molecule has 0 aliphatic heterocycles. The monoisotopic (exact) mass is 240 g/mol. The van der Waals surface area contributed by atoms with E-state index in [0.29, 0.717) is 0 Å². The van der Waals surface area contributed by atoms with Gasteiger partial charge in [0.15, 0.2) is 0 Å². The molecule has 6 heteroatoms. The van der Waals surface area contributed by atoms with E-state index in [1.54, 1.807) is 6.07 Å². The third kappa shape index (κ3) is 3.20. The molecule has 0 saturated carbocycles. The highest BCUT2D eigenvalue weighted by atomic mass is 16.6. The van der Waals surface area contributed by atoms with Crippen molar-refractivity contribution in [2.24, 2.45) is 5.73 Å². The van der Waals surface area contributed by atoms with Gasteiger partial charge in [0.25, 0.3) is 0 Å². The molecule has 1 amide bonds. The van der Waals surface area contributed by atoms with Crippen LogP contribution in [0, 0.1) is 0 Å². The Morgan fingerprint density at radius 1 is 1.47 bits per heavy atom. The molecule has 2 N–H and O–H groups in total. The molecule has 0 bridgehead atoms. The van der Waals surface area contributed by atoms with Crippen LogP contribution in [0.4, 0.5) is 4.79 Å². The average molecular weight is 240 g/mol. The predicted octanol–water partition coefficient (Wildman–Crippen LogP) is 1.54. The van der Waals surface area contributed by atoms with Gasteiger partial charge in [0.05, 0.1) is 5.69 Å². The van der Waals surface area contributed by atoms with Gasteiger partial charge in [-0.1, -0.05) is 0 Å². The topological polar surface area (TPSA) is 73.4 Å². The summed E-state index contributed by atoms with van der Waals surface area (Å²) in [7, 11) is 3.97. The highest BCUT2D eigenvalue weighted by Gasteiger charge is 2.19. The quantitative estimate of drug-likeness (QED) is 0.866. The highest BCUT2D eigenvalue weighted by molar-refractivity contribution is 5.67. The first-order valence-corrected chi connectivity index (χ1v) is 5.56. The smallest absolute Gasteiger partial charge is 0.390 e. The Morgan fingerprint density at radius 2 is 2.06 bits per heavy atom. The van der Waals surface area contributed by atoms with Gasteiger partial charge in [0.2, 0.25) is 5.88 Å². The maximum Gasteiger partial charge on any atom is 0.411 e. The number of amides is 1. The van der Waals surface area contributed by atoms with Crippen molar-refractivity contribution in [2.75, 3.05) is 14.1 Å². The minimum Gasteiger partial charge on any atom is -0.390 e. The number of carbonyl (C=O) groups is 1. The number of hydrogen-bond acceptors (Lipinski definition) is 4. The normalized spacial score (nSPS) is 13.1. The molecule has 1 rings (SSSR count). The summed E-state index contributed by atoms with van der Waals surface area (Å²) in [6.07, 6.45) is -0.845. The van der Waals surface area contributed by atoms with Crippen molar-refractivity contribution >= 4 is 6.09 Å². The SMILES string of the molecule is CC(c1cc(OC(N)=O)nn1C(C)C)N(C)C. The molecule has 0 radical (unpaired) electrons. The first kappa shape index (κ1) is 13.5. The first-order valence-electron chi connectivity index (χ1n) is 5.56. The van der Waals surface area contributed by atoms with Gasteiger partial charge in [0.1, 0.15) is 0 Å². The zero-order valence-electron chi connectivity index (χ0n) is 11.0. The summed E-state index contributed by atoms with van der Waals surface area (Å²) in [5.74, 6) is 0.245. The van der Waals surface area contributed by atoms with Crippen LogP contribution in [0.5, 0.6) is 5.88 Å². The van der Waals surface area contributed by atoms with Gasteiger partial charge in [-0.05, 0) is 34.9 Å².